The van der Waals surface area contributed by atoms with Gasteiger partial charge in [0.25, 0.3) is 0 Å². The smallest absolute Gasteiger partial charge is 0.237 e. The Hall–Kier alpha value is -2.40. The fourth-order valence-corrected chi connectivity index (χ4v) is 1.97. The number of carbonyl (C=O) groups is 1. The Balaban J connectivity index is 1.88. The quantitative estimate of drug-likeness (QED) is 0.772. The molecule has 1 heterocycles. The number of aromatic nitrogens is 1. The molecule has 5 heteroatoms. The van der Waals surface area contributed by atoms with E-state index in [1.807, 2.05) is 13.0 Å². The zero-order valence-corrected chi connectivity index (χ0v) is 11.9. The highest BCUT2D eigenvalue weighted by Crippen LogP contribution is 2.11. The molecule has 4 N–H and O–H groups in total. The zero-order chi connectivity index (χ0) is 15.2. The lowest BCUT2D eigenvalue weighted by Crippen LogP contribution is -2.41. The van der Waals surface area contributed by atoms with Gasteiger partial charge in [-0.1, -0.05) is 12.1 Å². The first-order chi connectivity index (χ1) is 10.1. The van der Waals surface area contributed by atoms with E-state index in [1.165, 1.54) is 0 Å². The highest BCUT2D eigenvalue weighted by molar-refractivity contribution is 5.81. The number of phenolic OH excluding ortho intramolecular Hbond substituents is 1. The first-order valence-corrected chi connectivity index (χ1v) is 6.77. The highest BCUT2D eigenvalue weighted by atomic mass is 16.3. The molecular formula is C16H19N3O2. The van der Waals surface area contributed by atoms with Gasteiger partial charge in [0, 0.05) is 18.9 Å². The minimum Gasteiger partial charge on any atom is -0.508 e. The molecular weight excluding hydrogens is 266 g/mol. The summed E-state index contributed by atoms with van der Waals surface area (Å²) in [6, 6.07) is 7.96. The van der Waals surface area contributed by atoms with Crippen molar-refractivity contribution >= 4 is 5.91 Å². The van der Waals surface area contributed by atoms with Gasteiger partial charge in [-0.3, -0.25) is 9.78 Å². The van der Waals surface area contributed by atoms with E-state index in [0.29, 0.717) is 13.0 Å². The van der Waals surface area contributed by atoms with Crippen LogP contribution < -0.4 is 11.1 Å². The maximum Gasteiger partial charge on any atom is 0.237 e. The van der Waals surface area contributed by atoms with E-state index >= 15 is 0 Å². The number of nitrogens with one attached hydrogen (secondary N) is 1. The fraction of sp³-hybridized carbons (Fsp3) is 0.250. The largest absolute Gasteiger partial charge is 0.508 e. The predicted octanol–water partition coefficient (Wildman–Crippen LogP) is 1.28. The van der Waals surface area contributed by atoms with Crippen molar-refractivity contribution < 1.29 is 9.90 Å². The van der Waals surface area contributed by atoms with Gasteiger partial charge >= 0.3 is 0 Å². The Morgan fingerprint density at radius 1 is 1.33 bits per heavy atom. The number of nitrogens with two attached hydrogens (primary N) is 1. The van der Waals surface area contributed by atoms with E-state index in [9.17, 15) is 9.90 Å². The Morgan fingerprint density at radius 2 is 2.05 bits per heavy atom. The maximum absolute atomic E-state index is 12.0. The second-order valence-electron chi connectivity index (χ2n) is 5.00. The third-order valence-corrected chi connectivity index (χ3v) is 3.33. The van der Waals surface area contributed by atoms with Crippen molar-refractivity contribution in [1.82, 2.24) is 10.3 Å². The molecule has 0 spiro atoms. The molecule has 0 saturated carbocycles. The molecule has 2 aromatic rings. The van der Waals surface area contributed by atoms with Gasteiger partial charge in [0.1, 0.15) is 5.75 Å². The molecule has 0 saturated heterocycles. The number of amides is 1. The monoisotopic (exact) mass is 285 g/mol. The number of phenols is 1. The van der Waals surface area contributed by atoms with Gasteiger partial charge in [0.05, 0.1) is 6.04 Å². The molecule has 0 aliphatic heterocycles. The summed E-state index contributed by atoms with van der Waals surface area (Å²) < 4.78 is 0. The van der Waals surface area contributed by atoms with Gasteiger partial charge < -0.3 is 16.2 Å². The van der Waals surface area contributed by atoms with Crippen LogP contribution in [0, 0.1) is 6.92 Å². The van der Waals surface area contributed by atoms with Gasteiger partial charge in [-0.25, -0.2) is 0 Å². The van der Waals surface area contributed by atoms with E-state index in [2.05, 4.69) is 10.3 Å². The standard InChI is InChI=1S/C16H19N3O2/c1-11-6-7-18-9-13(11)10-19-16(21)15(17)8-12-2-4-14(20)5-3-12/h2-7,9,15,20H,8,10,17H2,1H3,(H,19,21). The zero-order valence-electron chi connectivity index (χ0n) is 11.9. The van der Waals surface area contributed by atoms with E-state index in [4.69, 9.17) is 5.73 Å². The van der Waals surface area contributed by atoms with E-state index < -0.39 is 6.04 Å². The van der Waals surface area contributed by atoms with Crippen LogP contribution >= 0.6 is 0 Å². The summed E-state index contributed by atoms with van der Waals surface area (Å²) in [5, 5.41) is 12.0. The van der Waals surface area contributed by atoms with Crippen molar-refractivity contribution in [2.75, 3.05) is 0 Å². The van der Waals surface area contributed by atoms with Crippen LogP contribution in [0.3, 0.4) is 0 Å². The van der Waals surface area contributed by atoms with Crippen molar-refractivity contribution in [3.05, 3.63) is 59.4 Å². The van der Waals surface area contributed by atoms with Crippen molar-refractivity contribution in [3.63, 3.8) is 0 Å². The number of hydrogen-bond acceptors (Lipinski definition) is 4. The predicted molar refractivity (Wildman–Crippen MR) is 80.6 cm³/mol. The molecule has 0 bridgehead atoms. The van der Waals surface area contributed by atoms with Crippen LogP contribution in [0.25, 0.3) is 0 Å². The maximum atomic E-state index is 12.0. The van der Waals surface area contributed by atoms with Crippen LogP contribution in [-0.2, 0) is 17.8 Å². The molecule has 1 atom stereocenters. The summed E-state index contributed by atoms with van der Waals surface area (Å²) in [5.74, 6) is -0.00449. The van der Waals surface area contributed by atoms with Crippen LogP contribution in [0.1, 0.15) is 16.7 Å². The third-order valence-electron chi connectivity index (χ3n) is 3.33. The molecule has 2 rings (SSSR count). The van der Waals surface area contributed by atoms with Crippen LogP contribution in [0.2, 0.25) is 0 Å². The van der Waals surface area contributed by atoms with E-state index in [-0.39, 0.29) is 11.7 Å². The summed E-state index contributed by atoms with van der Waals surface area (Å²) in [7, 11) is 0. The number of aromatic hydroxyl groups is 1. The first-order valence-electron chi connectivity index (χ1n) is 6.77. The number of hydrogen-bond donors (Lipinski definition) is 3. The second kappa shape index (κ2) is 6.85. The highest BCUT2D eigenvalue weighted by Gasteiger charge is 2.14. The molecule has 0 fully saturated rings. The average molecular weight is 285 g/mol. The Kier molecular flexibility index (Phi) is 4.90. The van der Waals surface area contributed by atoms with Gasteiger partial charge in [0.15, 0.2) is 0 Å². The molecule has 0 aliphatic carbocycles. The van der Waals surface area contributed by atoms with Crippen LogP contribution in [-0.4, -0.2) is 22.0 Å². The third kappa shape index (κ3) is 4.29. The van der Waals surface area contributed by atoms with Crippen molar-refractivity contribution in [1.29, 1.82) is 0 Å². The van der Waals surface area contributed by atoms with E-state index in [1.54, 1.807) is 36.7 Å². The summed E-state index contributed by atoms with van der Waals surface area (Å²) in [6.45, 7) is 2.39. The Bertz CT molecular complexity index is 611. The van der Waals surface area contributed by atoms with Gasteiger partial charge in [0.2, 0.25) is 5.91 Å². The minimum absolute atomic E-state index is 0.198. The molecule has 1 aromatic heterocycles. The van der Waals surface area contributed by atoms with Crippen LogP contribution in [0.5, 0.6) is 5.75 Å². The summed E-state index contributed by atoms with van der Waals surface area (Å²) >= 11 is 0. The van der Waals surface area contributed by atoms with E-state index in [0.717, 1.165) is 16.7 Å². The molecule has 0 radical (unpaired) electrons. The van der Waals surface area contributed by atoms with Gasteiger partial charge in [-0.05, 0) is 48.2 Å². The number of rotatable bonds is 5. The second-order valence-corrected chi connectivity index (χ2v) is 5.00. The summed E-state index contributed by atoms with van der Waals surface area (Å²) in [4.78, 5) is 16.0. The van der Waals surface area contributed by atoms with Gasteiger partial charge in [-0.2, -0.15) is 0 Å². The van der Waals surface area contributed by atoms with Crippen molar-refractivity contribution in [3.8, 4) is 5.75 Å². The van der Waals surface area contributed by atoms with Crippen molar-refractivity contribution in [2.24, 2.45) is 5.73 Å². The average Bonchev–Trinajstić information content (AvgIpc) is 2.48. The first kappa shape index (κ1) is 15.0. The van der Waals surface area contributed by atoms with Crippen LogP contribution in [0.4, 0.5) is 0 Å². The summed E-state index contributed by atoms with van der Waals surface area (Å²) in [5.41, 5.74) is 8.87. The normalized spacial score (nSPS) is 11.9. The number of nitrogens with zero attached hydrogens (tertiary/aromatic N) is 1. The topological polar surface area (TPSA) is 88.2 Å². The SMILES string of the molecule is Cc1ccncc1CNC(=O)C(N)Cc1ccc(O)cc1. The lowest BCUT2D eigenvalue weighted by atomic mass is 10.1. The molecule has 1 unspecified atom stereocenters. The Labute approximate surface area is 123 Å². The Morgan fingerprint density at radius 3 is 2.71 bits per heavy atom. The lowest BCUT2D eigenvalue weighted by molar-refractivity contribution is -0.122. The molecule has 1 amide bonds. The number of carbonyl (C=O) groups excluding carboxylic acids is 1. The summed E-state index contributed by atoms with van der Waals surface area (Å²) in [6.07, 6.45) is 3.89. The molecule has 0 aliphatic rings. The lowest BCUT2D eigenvalue weighted by Gasteiger charge is -2.13. The number of aryl methyl sites for hydroxylation is 1. The van der Waals surface area contributed by atoms with Crippen molar-refractivity contribution in [2.45, 2.75) is 25.9 Å². The molecule has 21 heavy (non-hydrogen) atoms. The number of pyridine rings is 1. The van der Waals surface area contributed by atoms with Crippen LogP contribution in [0.15, 0.2) is 42.7 Å². The molecule has 1 aromatic carbocycles. The molecule has 5 nitrogen and oxygen atoms in total. The molecule has 110 valence electrons. The number of benzene rings is 1. The van der Waals surface area contributed by atoms with Gasteiger partial charge in [-0.15, -0.1) is 0 Å². The minimum atomic E-state index is -0.619. The fourth-order valence-electron chi connectivity index (χ4n) is 1.97.